The number of carbonyl (C=O) groups is 1. The Bertz CT molecular complexity index is 829. The molecule has 0 aliphatic carbocycles. The number of hydrogen-bond donors (Lipinski definition) is 1. The van der Waals surface area contributed by atoms with E-state index in [4.69, 9.17) is 13.9 Å². The van der Waals surface area contributed by atoms with Gasteiger partial charge in [0, 0.05) is 38.3 Å². The van der Waals surface area contributed by atoms with Gasteiger partial charge >= 0.3 is 6.09 Å². The van der Waals surface area contributed by atoms with Crippen LogP contribution < -0.4 is 4.43 Å². The molecule has 1 aliphatic rings. The smallest absolute Gasteiger partial charge is 0.410 e. The number of benzene rings is 1. The Morgan fingerprint density at radius 2 is 1.77 bits per heavy atom. The van der Waals surface area contributed by atoms with Crippen LogP contribution in [0.2, 0.25) is 18.1 Å². The summed E-state index contributed by atoms with van der Waals surface area (Å²) in [6.07, 6.45) is 3.63. The molecule has 1 aromatic carbocycles. The molecule has 2 atom stereocenters. The molecule has 0 spiro atoms. The first-order valence-electron chi connectivity index (χ1n) is 13.1. The molecule has 7 heteroatoms. The summed E-state index contributed by atoms with van der Waals surface area (Å²) in [4.78, 5) is 14.6. The Balaban J connectivity index is 2.42. The molecule has 6 nitrogen and oxygen atoms in total. The summed E-state index contributed by atoms with van der Waals surface area (Å²) in [7, 11) is -0.420. The van der Waals surface area contributed by atoms with E-state index in [-0.39, 0.29) is 17.0 Å². The summed E-state index contributed by atoms with van der Waals surface area (Å²) < 4.78 is 17.7. The topological polar surface area (TPSA) is 68.2 Å². The van der Waals surface area contributed by atoms with E-state index in [9.17, 15) is 9.90 Å². The molecule has 0 unspecified atom stereocenters. The molecule has 2 rings (SSSR count). The Kier molecular flexibility index (Phi) is 9.87. The summed E-state index contributed by atoms with van der Waals surface area (Å²) in [5.41, 5.74) is -0.837. The van der Waals surface area contributed by atoms with Gasteiger partial charge in [0.15, 0.2) is 0 Å². The Morgan fingerprint density at radius 3 is 2.37 bits per heavy atom. The zero-order chi connectivity index (χ0) is 26.5. The third-order valence-corrected chi connectivity index (χ3v) is 11.8. The van der Waals surface area contributed by atoms with E-state index >= 15 is 0 Å². The van der Waals surface area contributed by atoms with Gasteiger partial charge in [0.2, 0.25) is 8.32 Å². The van der Waals surface area contributed by atoms with Crippen molar-refractivity contribution in [3.05, 3.63) is 29.8 Å². The third-order valence-electron chi connectivity index (χ3n) is 7.43. The molecule has 1 amide bonds. The number of hydrogen-bond acceptors (Lipinski definition) is 5. The Hall–Kier alpha value is -1.57. The lowest BCUT2D eigenvalue weighted by Gasteiger charge is -2.44. The monoisotopic (exact) mass is 507 g/mol. The number of piperidine rings is 1. The van der Waals surface area contributed by atoms with Crippen LogP contribution in [0, 0.1) is 5.92 Å². The number of likely N-dealkylation sites (tertiary alicyclic amines) is 1. The van der Waals surface area contributed by atoms with Crippen molar-refractivity contribution >= 4 is 14.4 Å². The van der Waals surface area contributed by atoms with Crippen molar-refractivity contribution in [1.82, 2.24) is 4.90 Å². The highest BCUT2D eigenvalue weighted by atomic mass is 28.4. The summed E-state index contributed by atoms with van der Waals surface area (Å²) >= 11 is 0. The van der Waals surface area contributed by atoms with E-state index in [0.717, 1.165) is 37.0 Å². The lowest BCUT2D eigenvalue weighted by Crippen LogP contribution is -2.50. The van der Waals surface area contributed by atoms with Gasteiger partial charge in [0.1, 0.15) is 11.4 Å². The van der Waals surface area contributed by atoms with Gasteiger partial charge in [-0.3, -0.25) is 0 Å². The molecule has 1 N–H and O–H groups in total. The zero-order valence-corrected chi connectivity index (χ0v) is 24.6. The minimum Gasteiger partial charge on any atom is -0.543 e. The quantitative estimate of drug-likeness (QED) is 0.297. The summed E-state index contributed by atoms with van der Waals surface area (Å²) in [6, 6.07) is 7.95. The van der Waals surface area contributed by atoms with Crippen molar-refractivity contribution in [2.24, 2.45) is 5.92 Å². The maximum atomic E-state index is 12.9. The zero-order valence-electron chi connectivity index (χ0n) is 23.6. The lowest BCUT2D eigenvalue weighted by atomic mass is 9.74. The number of amides is 1. The first kappa shape index (κ1) is 29.7. The van der Waals surface area contributed by atoms with Crippen molar-refractivity contribution in [2.75, 3.05) is 26.8 Å². The predicted molar refractivity (Wildman–Crippen MR) is 144 cm³/mol. The van der Waals surface area contributed by atoms with E-state index in [2.05, 4.69) is 33.9 Å². The molecule has 200 valence electrons. The third kappa shape index (κ3) is 7.96. The van der Waals surface area contributed by atoms with Crippen LogP contribution in [0.5, 0.6) is 5.75 Å². The Labute approximate surface area is 214 Å². The van der Waals surface area contributed by atoms with Crippen molar-refractivity contribution in [1.29, 1.82) is 0 Å². The van der Waals surface area contributed by atoms with E-state index in [1.165, 1.54) is 0 Å². The van der Waals surface area contributed by atoms with Crippen LogP contribution in [-0.2, 0) is 15.1 Å². The van der Waals surface area contributed by atoms with Crippen LogP contribution in [0.25, 0.3) is 0 Å². The average molecular weight is 508 g/mol. The molecule has 0 aromatic heterocycles. The van der Waals surface area contributed by atoms with E-state index < -0.39 is 19.5 Å². The summed E-state index contributed by atoms with van der Waals surface area (Å²) in [5.74, 6) is 0.651. The second kappa shape index (κ2) is 11.7. The molecule has 1 fully saturated rings. The van der Waals surface area contributed by atoms with Crippen molar-refractivity contribution in [2.45, 2.75) is 103 Å². The SMILES string of the molecule is COCCCC[C@@](O)(c1ccccc1O[Si](C)(C)C(C)(C)C)[C@@H]1CCCN(C(=O)OC(C)(C)C)C1. The van der Waals surface area contributed by atoms with E-state index in [1.54, 1.807) is 12.0 Å². The lowest BCUT2D eigenvalue weighted by molar-refractivity contribution is -0.0650. The molecule has 0 bridgehead atoms. The normalized spacial score (nSPS) is 19.3. The van der Waals surface area contributed by atoms with Crippen molar-refractivity contribution in [3.8, 4) is 5.75 Å². The fraction of sp³-hybridized carbons (Fsp3) is 0.750. The number of nitrogens with zero attached hydrogens (tertiary/aromatic N) is 1. The van der Waals surface area contributed by atoms with Crippen molar-refractivity contribution < 1.29 is 23.8 Å². The minimum atomic E-state index is -2.12. The highest BCUT2D eigenvalue weighted by Crippen LogP contribution is 2.46. The highest BCUT2D eigenvalue weighted by Gasteiger charge is 2.45. The fourth-order valence-electron chi connectivity index (χ4n) is 4.40. The molecule has 1 aromatic rings. The maximum absolute atomic E-state index is 12.9. The first-order chi connectivity index (χ1) is 16.1. The summed E-state index contributed by atoms with van der Waals surface area (Å²) in [5, 5.41) is 12.5. The summed E-state index contributed by atoms with van der Waals surface area (Å²) in [6.45, 7) is 18.5. The standard InChI is InChI=1S/C28H49NO5Si/c1-26(2,3)33-25(30)29-19-14-15-22(21-29)28(31,18-12-13-20-32-7)23-16-10-11-17-24(23)34-35(8,9)27(4,5)6/h10-11,16-17,22,31H,12-15,18-21H2,1-9H3/t22-,28+/m1/s1. The molecular formula is C28H49NO5Si. The van der Waals surface area contributed by atoms with Crippen LogP contribution >= 0.6 is 0 Å². The molecule has 1 heterocycles. The fourth-order valence-corrected chi connectivity index (χ4v) is 5.43. The van der Waals surface area contributed by atoms with Gasteiger partial charge in [0.05, 0.1) is 5.60 Å². The van der Waals surface area contributed by atoms with Gasteiger partial charge in [0.25, 0.3) is 0 Å². The average Bonchev–Trinajstić information content (AvgIpc) is 2.75. The molecule has 0 saturated carbocycles. The molecular weight excluding hydrogens is 458 g/mol. The Morgan fingerprint density at radius 1 is 1.11 bits per heavy atom. The second-order valence-electron chi connectivity index (χ2n) is 12.5. The van der Waals surface area contributed by atoms with Gasteiger partial charge < -0.3 is 23.9 Å². The van der Waals surface area contributed by atoms with Gasteiger partial charge in [-0.1, -0.05) is 39.0 Å². The number of methoxy groups -OCH3 is 1. The van der Waals surface area contributed by atoms with E-state index in [1.807, 2.05) is 45.0 Å². The number of para-hydroxylation sites is 1. The maximum Gasteiger partial charge on any atom is 0.410 e. The minimum absolute atomic E-state index is 0.0367. The molecule has 1 saturated heterocycles. The van der Waals surface area contributed by atoms with Gasteiger partial charge in [-0.15, -0.1) is 0 Å². The van der Waals surface area contributed by atoms with Gasteiger partial charge in [-0.2, -0.15) is 0 Å². The number of ether oxygens (including phenoxy) is 2. The number of carbonyl (C=O) groups excluding carboxylic acids is 1. The highest BCUT2D eigenvalue weighted by molar-refractivity contribution is 6.74. The number of rotatable bonds is 9. The van der Waals surface area contributed by atoms with Gasteiger partial charge in [-0.05, 0) is 77.1 Å². The first-order valence-corrected chi connectivity index (χ1v) is 16.0. The largest absolute Gasteiger partial charge is 0.543 e. The van der Waals surface area contributed by atoms with Crippen LogP contribution in [0.1, 0.15) is 79.2 Å². The van der Waals surface area contributed by atoms with E-state index in [0.29, 0.717) is 26.1 Å². The molecule has 35 heavy (non-hydrogen) atoms. The number of aliphatic hydroxyl groups is 1. The van der Waals surface area contributed by atoms with Gasteiger partial charge in [-0.25, -0.2) is 4.79 Å². The molecule has 1 aliphatic heterocycles. The van der Waals surface area contributed by atoms with Crippen molar-refractivity contribution in [3.63, 3.8) is 0 Å². The second-order valence-corrected chi connectivity index (χ2v) is 17.2. The van der Waals surface area contributed by atoms with Crippen LogP contribution in [0.15, 0.2) is 24.3 Å². The molecule has 0 radical (unpaired) electrons. The predicted octanol–water partition coefficient (Wildman–Crippen LogP) is 6.72. The van der Waals surface area contributed by atoms with Crippen LogP contribution in [0.4, 0.5) is 4.79 Å². The number of unbranched alkanes of at least 4 members (excludes halogenated alkanes) is 1. The van der Waals surface area contributed by atoms with Crippen LogP contribution in [0.3, 0.4) is 0 Å². The van der Waals surface area contributed by atoms with Crippen LogP contribution in [-0.4, -0.2) is 56.8 Å².